The highest BCUT2D eigenvalue weighted by atomic mass is 31.2. The maximum Gasteiger partial charge on any atom is 0.341 e. The van der Waals surface area contributed by atoms with Crippen molar-refractivity contribution in [3.8, 4) is 0 Å². The van der Waals surface area contributed by atoms with Gasteiger partial charge >= 0.3 is 11.9 Å². The standard InChI is InChI=1S/C10H15O6P/c1-5-14-9(11)7-8(10(12)15-6-2)16-17(3,4)13/h5-6,8H,1-2,7H2,3-4H3. The molecule has 1 unspecified atom stereocenters. The third kappa shape index (κ3) is 7.49. The van der Waals surface area contributed by atoms with Crippen molar-refractivity contribution in [1.29, 1.82) is 0 Å². The van der Waals surface area contributed by atoms with Crippen molar-refractivity contribution in [1.82, 2.24) is 0 Å². The lowest BCUT2D eigenvalue weighted by atomic mass is 10.2. The van der Waals surface area contributed by atoms with E-state index in [1.807, 2.05) is 0 Å². The molecule has 0 aliphatic carbocycles. The number of esters is 2. The Morgan fingerprint density at radius 1 is 1.24 bits per heavy atom. The molecule has 0 rings (SSSR count). The summed E-state index contributed by atoms with van der Waals surface area (Å²) < 4.78 is 25.3. The van der Waals surface area contributed by atoms with E-state index in [9.17, 15) is 14.2 Å². The fraction of sp³-hybridized carbons (Fsp3) is 0.400. The molecule has 17 heavy (non-hydrogen) atoms. The summed E-state index contributed by atoms with van der Waals surface area (Å²) in [5.41, 5.74) is 0. The Bertz CT molecular complexity index is 356. The van der Waals surface area contributed by atoms with E-state index in [1.54, 1.807) is 0 Å². The van der Waals surface area contributed by atoms with Gasteiger partial charge in [0.2, 0.25) is 0 Å². The molecule has 0 aromatic heterocycles. The molecule has 0 saturated carbocycles. The van der Waals surface area contributed by atoms with E-state index in [1.165, 1.54) is 13.3 Å². The van der Waals surface area contributed by atoms with Crippen molar-refractivity contribution >= 4 is 19.3 Å². The molecule has 0 bridgehead atoms. The molecular formula is C10H15O6P. The number of carbonyl (C=O) groups excluding carboxylic acids is 2. The predicted octanol–water partition coefficient (Wildman–Crippen LogP) is 1.67. The number of hydrogen-bond donors (Lipinski definition) is 0. The molecule has 0 amide bonds. The van der Waals surface area contributed by atoms with E-state index in [0.717, 1.165) is 12.5 Å². The molecule has 0 heterocycles. The molecular weight excluding hydrogens is 247 g/mol. The molecule has 0 aromatic carbocycles. The molecule has 0 aliphatic rings. The Morgan fingerprint density at radius 2 is 1.76 bits per heavy atom. The van der Waals surface area contributed by atoms with Crippen LogP contribution in [0.15, 0.2) is 25.7 Å². The van der Waals surface area contributed by atoms with Gasteiger partial charge in [-0.3, -0.25) is 9.36 Å². The van der Waals surface area contributed by atoms with Crippen molar-refractivity contribution in [2.45, 2.75) is 12.5 Å². The van der Waals surface area contributed by atoms with E-state index >= 15 is 0 Å². The lowest BCUT2D eigenvalue weighted by molar-refractivity contribution is -0.152. The van der Waals surface area contributed by atoms with Crippen molar-refractivity contribution in [2.75, 3.05) is 13.3 Å². The Kier molecular flexibility index (Phi) is 6.46. The van der Waals surface area contributed by atoms with Crippen LogP contribution < -0.4 is 0 Å². The highest BCUT2D eigenvalue weighted by Crippen LogP contribution is 2.39. The third-order valence-electron chi connectivity index (χ3n) is 1.41. The van der Waals surface area contributed by atoms with Crippen LogP contribution in [-0.2, 0) is 28.2 Å². The summed E-state index contributed by atoms with van der Waals surface area (Å²) in [4.78, 5) is 22.5. The van der Waals surface area contributed by atoms with Crippen LogP contribution >= 0.6 is 7.37 Å². The Hall–Kier alpha value is -1.39. The van der Waals surface area contributed by atoms with Crippen LogP contribution in [0.3, 0.4) is 0 Å². The monoisotopic (exact) mass is 262 g/mol. The maximum atomic E-state index is 11.4. The Balaban J connectivity index is 4.66. The Labute approximate surface area is 99.7 Å². The highest BCUT2D eigenvalue weighted by molar-refractivity contribution is 7.57. The first-order valence-corrected chi connectivity index (χ1v) is 7.17. The minimum absolute atomic E-state index is 0.412. The molecule has 0 N–H and O–H groups in total. The van der Waals surface area contributed by atoms with E-state index in [0.29, 0.717) is 0 Å². The average Bonchev–Trinajstić information content (AvgIpc) is 2.15. The summed E-state index contributed by atoms with van der Waals surface area (Å²) >= 11 is 0. The first-order valence-electron chi connectivity index (χ1n) is 4.65. The van der Waals surface area contributed by atoms with Crippen molar-refractivity contribution in [2.24, 2.45) is 0 Å². The summed E-state index contributed by atoms with van der Waals surface area (Å²) in [7, 11) is -2.94. The first-order chi connectivity index (χ1) is 7.80. The van der Waals surface area contributed by atoms with Crippen LogP contribution in [0.1, 0.15) is 6.42 Å². The molecule has 96 valence electrons. The fourth-order valence-corrected chi connectivity index (χ4v) is 1.69. The van der Waals surface area contributed by atoms with E-state index < -0.39 is 31.8 Å². The molecule has 0 aliphatic heterocycles. The average molecular weight is 262 g/mol. The van der Waals surface area contributed by atoms with Gasteiger partial charge in [-0.1, -0.05) is 13.2 Å². The minimum atomic E-state index is -2.94. The quantitative estimate of drug-likeness (QED) is 0.394. The summed E-state index contributed by atoms with van der Waals surface area (Å²) in [6.45, 7) is 9.03. The summed E-state index contributed by atoms with van der Waals surface area (Å²) in [5.74, 6) is -1.59. The highest BCUT2D eigenvalue weighted by Gasteiger charge is 2.29. The second-order valence-electron chi connectivity index (χ2n) is 3.31. The molecule has 7 heteroatoms. The fourth-order valence-electron chi connectivity index (χ4n) is 0.921. The second kappa shape index (κ2) is 7.04. The molecule has 0 spiro atoms. The summed E-state index contributed by atoms with van der Waals surface area (Å²) in [5, 5.41) is 0. The summed E-state index contributed by atoms with van der Waals surface area (Å²) in [6, 6.07) is 0. The maximum absolute atomic E-state index is 11.4. The molecule has 0 fully saturated rings. The van der Waals surface area contributed by atoms with Crippen molar-refractivity contribution in [3.63, 3.8) is 0 Å². The van der Waals surface area contributed by atoms with Gasteiger partial charge in [0, 0.05) is 13.3 Å². The summed E-state index contributed by atoms with van der Waals surface area (Å²) in [6.07, 6.45) is 0.120. The predicted molar refractivity (Wildman–Crippen MR) is 61.5 cm³/mol. The zero-order chi connectivity index (χ0) is 13.5. The Morgan fingerprint density at radius 3 is 2.18 bits per heavy atom. The van der Waals surface area contributed by atoms with Gasteiger partial charge in [-0.2, -0.15) is 0 Å². The van der Waals surface area contributed by atoms with E-state index in [-0.39, 0.29) is 0 Å². The molecule has 1 atom stereocenters. The number of hydrogen-bond acceptors (Lipinski definition) is 6. The lowest BCUT2D eigenvalue weighted by Crippen LogP contribution is -2.27. The van der Waals surface area contributed by atoms with Crippen LogP contribution in [0.25, 0.3) is 0 Å². The van der Waals surface area contributed by atoms with Crippen LogP contribution in [0.5, 0.6) is 0 Å². The van der Waals surface area contributed by atoms with Gasteiger partial charge in [0.25, 0.3) is 0 Å². The third-order valence-corrected chi connectivity index (χ3v) is 2.17. The van der Waals surface area contributed by atoms with Gasteiger partial charge in [0.05, 0.1) is 18.9 Å². The van der Waals surface area contributed by atoms with Crippen LogP contribution in [0.4, 0.5) is 0 Å². The molecule has 6 nitrogen and oxygen atoms in total. The van der Waals surface area contributed by atoms with Gasteiger partial charge in [-0.05, 0) is 0 Å². The van der Waals surface area contributed by atoms with Gasteiger partial charge in [0.15, 0.2) is 13.5 Å². The van der Waals surface area contributed by atoms with E-state index in [4.69, 9.17) is 4.52 Å². The second-order valence-corrected chi connectivity index (χ2v) is 6.03. The largest absolute Gasteiger partial charge is 0.435 e. The zero-order valence-electron chi connectivity index (χ0n) is 9.75. The van der Waals surface area contributed by atoms with E-state index in [2.05, 4.69) is 22.6 Å². The minimum Gasteiger partial charge on any atom is -0.435 e. The van der Waals surface area contributed by atoms with Crippen LogP contribution in [0.2, 0.25) is 0 Å². The van der Waals surface area contributed by atoms with Gasteiger partial charge in [-0.25, -0.2) is 4.79 Å². The molecule has 0 aromatic rings. The topological polar surface area (TPSA) is 78.9 Å². The van der Waals surface area contributed by atoms with Gasteiger partial charge in [0.1, 0.15) is 0 Å². The molecule has 0 radical (unpaired) electrons. The van der Waals surface area contributed by atoms with Gasteiger partial charge < -0.3 is 14.0 Å². The SMILES string of the molecule is C=COC(=O)CC(OP(C)(C)=O)C(=O)OC=C. The number of ether oxygens (including phenoxy) is 2. The van der Waals surface area contributed by atoms with Crippen molar-refractivity contribution < 1.29 is 28.2 Å². The van der Waals surface area contributed by atoms with Crippen LogP contribution in [0, 0.1) is 0 Å². The number of carbonyl (C=O) groups is 2. The van der Waals surface area contributed by atoms with Crippen molar-refractivity contribution in [3.05, 3.63) is 25.7 Å². The number of rotatable bonds is 7. The first kappa shape index (κ1) is 15.6. The molecule has 0 saturated heterocycles. The normalized spacial score (nSPS) is 12.4. The lowest BCUT2D eigenvalue weighted by Gasteiger charge is -2.16. The van der Waals surface area contributed by atoms with Gasteiger partial charge in [-0.15, -0.1) is 0 Å². The smallest absolute Gasteiger partial charge is 0.341 e. The van der Waals surface area contributed by atoms with Crippen LogP contribution in [-0.4, -0.2) is 31.4 Å². The zero-order valence-corrected chi connectivity index (χ0v) is 10.6.